The molecule has 2 amide bonds. The van der Waals surface area contributed by atoms with Crippen molar-refractivity contribution in [3.05, 3.63) is 59.7 Å². The normalized spacial score (nSPS) is 14.0. The number of fused-ring (bicyclic) bond motifs is 3. The smallest absolute Gasteiger partial charge is 0.407 e. The van der Waals surface area contributed by atoms with E-state index < -0.39 is 18.1 Å². The van der Waals surface area contributed by atoms with Crippen LogP contribution < -0.4 is 5.32 Å². The van der Waals surface area contributed by atoms with Gasteiger partial charge in [-0.15, -0.1) is 0 Å². The molecule has 7 heteroatoms. The summed E-state index contributed by atoms with van der Waals surface area (Å²) in [6, 6.07) is 15.6. The summed E-state index contributed by atoms with van der Waals surface area (Å²) in [5, 5.41) is 11.6. The average molecular weight is 467 g/mol. The fourth-order valence-corrected chi connectivity index (χ4v) is 4.42. The molecule has 2 aromatic rings. The number of nitrogens with zero attached hydrogens (tertiary/aromatic N) is 1. The van der Waals surface area contributed by atoms with Gasteiger partial charge in [0, 0.05) is 25.9 Å². The molecule has 2 N–H and O–H groups in total. The van der Waals surface area contributed by atoms with Crippen LogP contribution in [0.5, 0.6) is 0 Å². The van der Waals surface area contributed by atoms with E-state index in [1.165, 1.54) is 0 Å². The van der Waals surface area contributed by atoms with E-state index in [0.29, 0.717) is 25.8 Å². The molecular formula is C27H34N2O5. The summed E-state index contributed by atoms with van der Waals surface area (Å²) >= 11 is 0. The van der Waals surface area contributed by atoms with Crippen molar-refractivity contribution in [3.8, 4) is 11.1 Å². The van der Waals surface area contributed by atoms with Gasteiger partial charge in [0.2, 0.25) is 5.91 Å². The monoisotopic (exact) mass is 466 g/mol. The minimum atomic E-state index is -0.844. The maximum absolute atomic E-state index is 13.0. The standard InChI is InChI=1S/C27H34N2O5/c1-4-18(2)25(26(32)29(3)16-10-9-15-24(30)31)28-27(33)34-17-23-21-13-7-5-11-19(21)20-12-6-8-14-22(20)23/h5-8,11-14,18,23,25H,4,9-10,15-17H2,1-3H3,(H,28,33)(H,30,31)/t18?,25-/m0/s1. The Morgan fingerprint density at radius 2 is 1.62 bits per heavy atom. The molecule has 1 unspecified atom stereocenters. The van der Waals surface area contributed by atoms with E-state index in [4.69, 9.17) is 9.84 Å². The molecule has 2 aromatic carbocycles. The first kappa shape index (κ1) is 25.3. The maximum Gasteiger partial charge on any atom is 0.407 e. The quantitative estimate of drug-likeness (QED) is 0.470. The van der Waals surface area contributed by atoms with Crippen molar-refractivity contribution < 1.29 is 24.2 Å². The van der Waals surface area contributed by atoms with Crippen LogP contribution >= 0.6 is 0 Å². The number of unbranched alkanes of at least 4 members (excludes halogenated alkanes) is 1. The summed E-state index contributed by atoms with van der Waals surface area (Å²) < 4.78 is 5.63. The highest BCUT2D eigenvalue weighted by atomic mass is 16.5. The molecule has 0 heterocycles. The molecule has 0 fully saturated rings. The number of carbonyl (C=O) groups is 3. The fraction of sp³-hybridized carbons (Fsp3) is 0.444. The van der Waals surface area contributed by atoms with Gasteiger partial charge in [-0.2, -0.15) is 0 Å². The minimum Gasteiger partial charge on any atom is -0.481 e. The topological polar surface area (TPSA) is 95.9 Å². The van der Waals surface area contributed by atoms with Crippen LogP contribution in [0.15, 0.2) is 48.5 Å². The summed E-state index contributed by atoms with van der Waals surface area (Å²) in [5.41, 5.74) is 4.58. The predicted molar refractivity (Wildman–Crippen MR) is 131 cm³/mol. The van der Waals surface area contributed by atoms with Gasteiger partial charge >= 0.3 is 12.1 Å². The first-order valence-corrected chi connectivity index (χ1v) is 11.9. The molecule has 0 aliphatic heterocycles. The van der Waals surface area contributed by atoms with Gasteiger partial charge in [0.1, 0.15) is 12.6 Å². The SMILES string of the molecule is CCC(C)[C@H](NC(=O)OCC1c2ccccc2-c2ccccc21)C(=O)N(C)CCCCC(=O)O. The zero-order valence-electron chi connectivity index (χ0n) is 20.1. The Morgan fingerprint density at radius 3 is 2.18 bits per heavy atom. The summed E-state index contributed by atoms with van der Waals surface area (Å²) in [7, 11) is 1.68. The molecule has 0 saturated heterocycles. The number of benzene rings is 2. The molecule has 0 radical (unpaired) electrons. The van der Waals surface area contributed by atoms with E-state index in [0.717, 1.165) is 22.3 Å². The lowest BCUT2D eigenvalue weighted by Crippen LogP contribution is -2.51. The van der Waals surface area contributed by atoms with Crippen molar-refractivity contribution in [3.63, 3.8) is 0 Å². The number of carboxylic acids is 1. The lowest BCUT2D eigenvalue weighted by molar-refractivity contribution is -0.137. The zero-order valence-corrected chi connectivity index (χ0v) is 20.1. The summed E-state index contributed by atoms with van der Waals surface area (Å²) in [6.45, 7) is 4.51. The third-order valence-electron chi connectivity index (χ3n) is 6.61. The number of carbonyl (C=O) groups excluding carboxylic acids is 2. The molecule has 3 rings (SSSR count). The first-order valence-electron chi connectivity index (χ1n) is 11.9. The van der Waals surface area contributed by atoms with E-state index >= 15 is 0 Å². The van der Waals surface area contributed by atoms with Crippen LogP contribution in [0.4, 0.5) is 4.79 Å². The number of likely N-dealkylation sites (N-methyl/N-ethyl adjacent to an activating group) is 1. The van der Waals surface area contributed by atoms with Crippen molar-refractivity contribution in [2.45, 2.75) is 51.5 Å². The molecule has 0 bridgehead atoms. The van der Waals surface area contributed by atoms with Gasteiger partial charge in [-0.3, -0.25) is 9.59 Å². The summed E-state index contributed by atoms with van der Waals surface area (Å²) in [6.07, 6.45) is 1.27. The van der Waals surface area contributed by atoms with Crippen LogP contribution in [0.3, 0.4) is 0 Å². The number of nitrogens with one attached hydrogen (secondary N) is 1. The third-order valence-corrected chi connectivity index (χ3v) is 6.61. The Labute approximate surface area is 201 Å². The second-order valence-electron chi connectivity index (χ2n) is 8.94. The molecule has 7 nitrogen and oxygen atoms in total. The molecule has 0 saturated carbocycles. The van der Waals surface area contributed by atoms with Crippen molar-refractivity contribution in [1.82, 2.24) is 10.2 Å². The molecule has 34 heavy (non-hydrogen) atoms. The van der Waals surface area contributed by atoms with Crippen molar-refractivity contribution >= 4 is 18.0 Å². The number of alkyl carbamates (subject to hydrolysis) is 1. The number of hydrogen-bond donors (Lipinski definition) is 2. The lowest BCUT2D eigenvalue weighted by atomic mass is 9.97. The predicted octanol–water partition coefficient (Wildman–Crippen LogP) is 4.65. The van der Waals surface area contributed by atoms with Gasteiger partial charge in [0.05, 0.1) is 0 Å². The minimum absolute atomic E-state index is 0.0483. The van der Waals surface area contributed by atoms with E-state index in [1.807, 2.05) is 38.1 Å². The van der Waals surface area contributed by atoms with Crippen LogP contribution in [0, 0.1) is 5.92 Å². The Kier molecular flexibility index (Phi) is 8.68. The second-order valence-corrected chi connectivity index (χ2v) is 8.94. The number of hydrogen-bond acceptors (Lipinski definition) is 4. The molecule has 182 valence electrons. The van der Waals surface area contributed by atoms with Crippen LogP contribution in [-0.2, 0) is 14.3 Å². The first-order chi connectivity index (χ1) is 16.3. The van der Waals surface area contributed by atoms with Crippen molar-refractivity contribution in [2.24, 2.45) is 5.92 Å². The van der Waals surface area contributed by atoms with Crippen molar-refractivity contribution in [1.29, 1.82) is 0 Å². The van der Waals surface area contributed by atoms with E-state index in [9.17, 15) is 14.4 Å². The van der Waals surface area contributed by atoms with E-state index in [1.54, 1.807) is 11.9 Å². The molecule has 1 aliphatic carbocycles. The Balaban J connectivity index is 1.61. The Hall–Kier alpha value is -3.35. The third kappa shape index (κ3) is 5.95. The van der Waals surface area contributed by atoms with Crippen LogP contribution in [0.1, 0.15) is 56.6 Å². The zero-order chi connectivity index (χ0) is 24.7. The molecule has 0 aromatic heterocycles. The highest BCUT2D eigenvalue weighted by Gasteiger charge is 2.31. The Bertz CT molecular complexity index is 976. The molecule has 2 atom stereocenters. The number of carboxylic acid groups (broad SMARTS) is 1. The van der Waals surface area contributed by atoms with Gasteiger partial charge < -0.3 is 20.1 Å². The van der Waals surface area contributed by atoms with Crippen molar-refractivity contribution in [2.75, 3.05) is 20.2 Å². The molecule has 1 aliphatic rings. The maximum atomic E-state index is 13.0. The number of ether oxygens (including phenoxy) is 1. The van der Waals surface area contributed by atoms with Gasteiger partial charge in [-0.1, -0.05) is 68.8 Å². The largest absolute Gasteiger partial charge is 0.481 e. The van der Waals surface area contributed by atoms with Crippen LogP contribution in [0.25, 0.3) is 11.1 Å². The number of amides is 2. The number of aliphatic carboxylic acids is 1. The molecular weight excluding hydrogens is 432 g/mol. The Morgan fingerprint density at radius 1 is 1.03 bits per heavy atom. The van der Waals surface area contributed by atoms with Gasteiger partial charge in [-0.25, -0.2) is 4.79 Å². The highest BCUT2D eigenvalue weighted by molar-refractivity contribution is 5.86. The highest BCUT2D eigenvalue weighted by Crippen LogP contribution is 2.44. The van der Waals surface area contributed by atoms with Gasteiger partial charge in [-0.05, 0) is 41.0 Å². The summed E-state index contributed by atoms with van der Waals surface area (Å²) in [5.74, 6) is -1.16. The number of rotatable bonds is 11. The van der Waals surface area contributed by atoms with Gasteiger partial charge in [0.15, 0.2) is 0 Å². The second kappa shape index (κ2) is 11.7. The lowest BCUT2D eigenvalue weighted by Gasteiger charge is -2.28. The van der Waals surface area contributed by atoms with E-state index in [-0.39, 0.29) is 30.8 Å². The van der Waals surface area contributed by atoms with Gasteiger partial charge in [0.25, 0.3) is 0 Å². The average Bonchev–Trinajstić information content (AvgIpc) is 3.16. The molecule has 0 spiro atoms. The van der Waals surface area contributed by atoms with Crippen LogP contribution in [-0.4, -0.2) is 54.2 Å². The van der Waals surface area contributed by atoms with Crippen LogP contribution in [0.2, 0.25) is 0 Å². The summed E-state index contributed by atoms with van der Waals surface area (Å²) in [4.78, 5) is 38.0. The van der Waals surface area contributed by atoms with E-state index in [2.05, 4.69) is 29.6 Å². The fourth-order valence-electron chi connectivity index (χ4n) is 4.42.